The van der Waals surface area contributed by atoms with Gasteiger partial charge >= 0.3 is 5.97 Å². The standard InChI is InChI=1S/C16H13N3O4/c1-21-13-4-2-3-11(7-13)15-8-12(19-23-15)10-22-16(20)14-9-17-5-6-18-14/h2-9H,10H2,1H3. The minimum Gasteiger partial charge on any atom is -0.497 e. The van der Waals surface area contributed by atoms with Crippen LogP contribution in [0.2, 0.25) is 0 Å². The molecule has 3 aromatic rings. The largest absolute Gasteiger partial charge is 0.497 e. The van der Waals surface area contributed by atoms with E-state index < -0.39 is 5.97 Å². The summed E-state index contributed by atoms with van der Waals surface area (Å²) in [7, 11) is 1.59. The zero-order chi connectivity index (χ0) is 16.1. The Bertz CT molecular complexity index is 802. The Morgan fingerprint density at radius 1 is 1.26 bits per heavy atom. The van der Waals surface area contributed by atoms with Gasteiger partial charge in [0.25, 0.3) is 0 Å². The molecule has 7 nitrogen and oxygen atoms in total. The quantitative estimate of drug-likeness (QED) is 0.669. The second-order valence-electron chi connectivity index (χ2n) is 4.58. The molecule has 0 saturated heterocycles. The van der Waals surface area contributed by atoms with Gasteiger partial charge in [-0.25, -0.2) is 9.78 Å². The molecule has 116 valence electrons. The fourth-order valence-electron chi connectivity index (χ4n) is 1.91. The van der Waals surface area contributed by atoms with Gasteiger partial charge in [-0.2, -0.15) is 0 Å². The Labute approximate surface area is 131 Å². The fraction of sp³-hybridized carbons (Fsp3) is 0.125. The van der Waals surface area contributed by atoms with Crippen LogP contribution in [-0.2, 0) is 11.3 Å². The second-order valence-corrected chi connectivity index (χ2v) is 4.58. The molecule has 0 N–H and O–H groups in total. The highest BCUT2D eigenvalue weighted by molar-refractivity contribution is 5.86. The van der Waals surface area contributed by atoms with Crippen LogP contribution in [0.25, 0.3) is 11.3 Å². The van der Waals surface area contributed by atoms with Crippen LogP contribution in [0.3, 0.4) is 0 Å². The Hall–Kier alpha value is -3.22. The van der Waals surface area contributed by atoms with Gasteiger partial charge in [-0.3, -0.25) is 4.98 Å². The van der Waals surface area contributed by atoms with Gasteiger partial charge in [0.1, 0.15) is 18.1 Å². The molecule has 3 rings (SSSR count). The molecule has 0 saturated carbocycles. The molecule has 2 heterocycles. The van der Waals surface area contributed by atoms with Gasteiger partial charge in [0.05, 0.1) is 13.3 Å². The van der Waals surface area contributed by atoms with Crippen LogP contribution >= 0.6 is 0 Å². The number of methoxy groups -OCH3 is 1. The number of hydrogen-bond donors (Lipinski definition) is 0. The highest BCUT2D eigenvalue weighted by atomic mass is 16.5. The maximum Gasteiger partial charge on any atom is 0.358 e. The van der Waals surface area contributed by atoms with Gasteiger partial charge in [0, 0.05) is 24.0 Å². The average Bonchev–Trinajstić information content (AvgIpc) is 3.09. The second kappa shape index (κ2) is 6.69. The van der Waals surface area contributed by atoms with Crippen LogP contribution < -0.4 is 4.74 Å². The Kier molecular flexibility index (Phi) is 4.28. The molecule has 0 atom stereocenters. The van der Waals surface area contributed by atoms with Gasteiger partial charge in [-0.15, -0.1) is 0 Å². The molecule has 0 amide bonds. The maximum absolute atomic E-state index is 11.8. The van der Waals surface area contributed by atoms with E-state index in [1.54, 1.807) is 13.2 Å². The molecule has 0 fully saturated rings. The van der Waals surface area contributed by atoms with Crippen molar-refractivity contribution in [2.24, 2.45) is 0 Å². The molecule has 1 aromatic carbocycles. The minimum atomic E-state index is -0.566. The highest BCUT2D eigenvalue weighted by Gasteiger charge is 2.12. The van der Waals surface area contributed by atoms with Gasteiger partial charge in [0.2, 0.25) is 0 Å². The lowest BCUT2D eigenvalue weighted by atomic mass is 10.1. The number of nitrogens with zero attached hydrogens (tertiary/aromatic N) is 3. The summed E-state index contributed by atoms with van der Waals surface area (Å²) in [5.74, 6) is 0.716. The van der Waals surface area contributed by atoms with E-state index in [0.29, 0.717) is 11.5 Å². The van der Waals surface area contributed by atoms with Gasteiger partial charge < -0.3 is 14.0 Å². The molecule has 0 aliphatic rings. The molecule has 0 spiro atoms. The van der Waals surface area contributed by atoms with Crippen molar-refractivity contribution in [2.75, 3.05) is 7.11 Å². The molecule has 0 radical (unpaired) electrons. The highest BCUT2D eigenvalue weighted by Crippen LogP contribution is 2.24. The molecule has 0 unspecified atom stereocenters. The first-order chi connectivity index (χ1) is 11.3. The van der Waals surface area contributed by atoms with Crippen molar-refractivity contribution < 1.29 is 18.8 Å². The summed E-state index contributed by atoms with van der Waals surface area (Å²) in [6.07, 6.45) is 4.25. The average molecular weight is 311 g/mol. The lowest BCUT2D eigenvalue weighted by molar-refractivity contribution is 0.0456. The number of carbonyl (C=O) groups is 1. The number of carbonyl (C=O) groups excluding carboxylic acids is 1. The van der Waals surface area contributed by atoms with Crippen molar-refractivity contribution in [3.8, 4) is 17.1 Å². The normalized spacial score (nSPS) is 10.3. The third-order valence-corrected chi connectivity index (χ3v) is 3.04. The Morgan fingerprint density at radius 2 is 2.17 bits per heavy atom. The van der Waals surface area contributed by atoms with Gasteiger partial charge in [-0.1, -0.05) is 17.3 Å². The predicted octanol–water partition coefficient (Wildman–Crippen LogP) is 2.50. The predicted molar refractivity (Wildman–Crippen MR) is 79.6 cm³/mol. The van der Waals surface area contributed by atoms with Crippen LogP contribution in [-0.4, -0.2) is 28.2 Å². The zero-order valence-electron chi connectivity index (χ0n) is 12.3. The van der Waals surface area contributed by atoms with Crippen molar-refractivity contribution in [1.82, 2.24) is 15.1 Å². The molecule has 7 heteroatoms. The van der Waals surface area contributed by atoms with Crippen molar-refractivity contribution in [3.05, 3.63) is 60.3 Å². The molecule has 0 aliphatic heterocycles. The van der Waals surface area contributed by atoms with E-state index in [2.05, 4.69) is 15.1 Å². The maximum atomic E-state index is 11.8. The molecular formula is C16H13N3O4. The number of rotatable bonds is 5. The number of ether oxygens (including phenoxy) is 2. The molecule has 0 aliphatic carbocycles. The number of hydrogen-bond acceptors (Lipinski definition) is 7. The van der Waals surface area contributed by atoms with E-state index in [0.717, 1.165) is 11.3 Å². The number of benzene rings is 1. The molecule has 0 bridgehead atoms. The van der Waals surface area contributed by atoms with Crippen molar-refractivity contribution in [3.63, 3.8) is 0 Å². The summed E-state index contributed by atoms with van der Waals surface area (Å²) < 4.78 is 15.5. The van der Waals surface area contributed by atoms with E-state index in [1.807, 2.05) is 24.3 Å². The molecule has 2 aromatic heterocycles. The van der Waals surface area contributed by atoms with Crippen molar-refractivity contribution in [1.29, 1.82) is 0 Å². The van der Waals surface area contributed by atoms with E-state index >= 15 is 0 Å². The van der Waals surface area contributed by atoms with E-state index in [1.165, 1.54) is 18.6 Å². The van der Waals surface area contributed by atoms with Crippen LogP contribution in [0.4, 0.5) is 0 Å². The summed E-state index contributed by atoms with van der Waals surface area (Å²) in [5, 5.41) is 3.88. The SMILES string of the molecule is COc1cccc(-c2cc(COC(=O)c3cnccn3)no2)c1. The molecular weight excluding hydrogens is 298 g/mol. The Balaban J connectivity index is 1.66. The van der Waals surface area contributed by atoms with E-state index in [-0.39, 0.29) is 12.3 Å². The minimum absolute atomic E-state index is 0.0110. The molecule has 23 heavy (non-hydrogen) atoms. The fourth-order valence-corrected chi connectivity index (χ4v) is 1.91. The smallest absolute Gasteiger partial charge is 0.358 e. The lowest BCUT2D eigenvalue weighted by Crippen LogP contribution is -2.07. The van der Waals surface area contributed by atoms with Crippen LogP contribution in [0.15, 0.2) is 53.4 Å². The summed E-state index contributed by atoms with van der Waals surface area (Å²) in [4.78, 5) is 19.5. The monoisotopic (exact) mass is 311 g/mol. The summed E-state index contributed by atoms with van der Waals surface area (Å²) in [6.45, 7) is -0.0110. The first-order valence-corrected chi connectivity index (χ1v) is 6.79. The van der Waals surface area contributed by atoms with Crippen molar-refractivity contribution >= 4 is 5.97 Å². The summed E-state index contributed by atoms with van der Waals surface area (Å²) in [5.41, 5.74) is 1.47. The third kappa shape index (κ3) is 3.52. The van der Waals surface area contributed by atoms with Gasteiger partial charge in [-0.05, 0) is 12.1 Å². The zero-order valence-corrected chi connectivity index (χ0v) is 12.3. The van der Waals surface area contributed by atoms with Crippen molar-refractivity contribution in [2.45, 2.75) is 6.61 Å². The third-order valence-electron chi connectivity index (χ3n) is 3.04. The summed E-state index contributed by atoms with van der Waals surface area (Å²) >= 11 is 0. The lowest BCUT2D eigenvalue weighted by Gasteiger charge is -2.01. The van der Waals surface area contributed by atoms with Crippen LogP contribution in [0.1, 0.15) is 16.2 Å². The summed E-state index contributed by atoms with van der Waals surface area (Å²) in [6, 6.07) is 9.10. The van der Waals surface area contributed by atoms with Gasteiger partial charge in [0.15, 0.2) is 11.5 Å². The first kappa shape index (κ1) is 14.7. The number of aromatic nitrogens is 3. The van der Waals surface area contributed by atoms with E-state index in [9.17, 15) is 4.79 Å². The topological polar surface area (TPSA) is 87.3 Å². The van der Waals surface area contributed by atoms with Crippen LogP contribution in [0.5, 0.6) is 5.75 Å². The van der Waals surface area contributed by atoms with E-state index in [4.69, 9.17) is 14.0 Å². The first-order valence-electron chi connectivity index (χ1n) is 6.79. The van der Waals surface area contributed by atoms with Crippen LogP contribution in [0, 0.1) is 0 Å². The Morgan fingerprint density at radius 3 is 2.96 bits per heavy atom. The number of esters is 1.